The zero-order chi connectivity index (χ0) is 13.7. The standard InChI is InChI=1S/C15H29N3/c1-7-11(3)9-14(8-2)17-12(4)15-10-16-18(6)13(15)5/h10-12,14,17H,7-9H2,1-6H3. The minimum Gasteiger partial charge on any atom is -0.307 e. The lowest BCUT2D eigenvalue weighted by Gasteiger charge is -2.24. The molecule has 0 aromatic carbocycles. The molecule has 0 spiro atoms. The van der Waals surface area contributed by atoms with Crippen molar-refractivity contribution < 1.29 is 0 Å². The molecule has 3 unspecified atom stereocenters. The maximum absolute atomic E-state index is 4.32. The maximum Gasteiger partial charge on any atom is 0.0540 e. The zero-order valence-corrected chi connectivity index (χ0v) is 12.8. The normalized spacial score (nSPS) is 16.6. The van der Waals surface area contributed by atoms with Crippen molar-refractivity contribution >= 4 is 0 Å². The Balaban J connectivity index is 2.62. The van der Waals surface area contributed by atoms with Crippen LogP contribution in [0.15, 0.2) is 6.20 Å². The second-order valence-electron chi connectivity index (χ2n) is 5.55. The maximum atomic E-state index is 4.32. The summed E-state index contributed by atoms with van der Waals surface area (Å²) in [5.74, 6) is 0.796. The molecule has 0 saturated heterocycles. The number of nitrogens with one attached hydrogen (secondary N) is 1. The predicted molar refractivity (Wildman–Crippen MR) is 77.6 cm³/mol. The van der Waals surface area contributed by atoms with E-state index in [0.29, 0.717) is 12.1 Å². The molecule has 0 aliphatic rings. The van der Waals surface area contributed by atoms with Crippen LogP contribution >= 0.6 is 0 Å². The first-order chi connectivity index (χ1) is 8.49. The van der Waals surface area contributed by atoms with Gasteiger partial charge in [-0.2, -0.15) is 5.10 Å². The summed E-state index contributed by atoms with van der Waals surface area (Å²) in [6.45, 7) is 11.2. The molecule has 0 amide bonds. The van der Waals surface area contributed by atoms with Gasteiger partial charge in [0.2, 0.25) is 0 Å². The van der Waals surface area contributed by atoms with Crippen LogP contribution in [-0.4, -0.2) is 15.8 Å². The van der Waals surface area contributed by atoms with Crippen molar-refractivity contribution in [1.29, 1.82) is 0 Å². The molecule has 1 N–H and O–H groups in total. The average Bonchev–Trinajstić information content (AvgIpc) is 2.68. The van der Waals surface area contributed by atoms with Gasteiger partial charge >= 0.3 is 0 Å². The van der Waals surface area contributed by atoms with Gasteiger partial charge in [-0.15, -0.1) is 0 Å². The van der Waals surface area contributed by atoms with E-state index < -0.39 is 0 Å². The van der Waals surface area contributed by atoms with Gasteiger partial charge in [0.15, 0.2) is 0 Å². The molecule has 104 valence electrons. The number of nitrogens with zero attached hydrogens (tertiary/aromatic N) is 2. The Morgan fingerprint density at radius 3 is 2.39 bits per heavy atom. The van der Waals surface area contributed by atoms with Gasteiger partial charge in [-0.1, -0.05) is 27.2 Å². The summed E-state index contributed by atoms with van der Waals surface area (Å²) >= 11 is 0. The molecular formula is C15H29N3. The summed E-state index contributed by atoms with van der Waals surface area (Å²) < 4.78 is 1.95. The Morgan fingerprint density at radius 2 is 1.94 bits per heavy atom. The number of hydrogen-bond donors (Lipinski definition) is 1. The van der Waals surface area contributed by atoms with Gasteiger partial charge in [0, 0.05) is 30.4 Å². The molecule has 3 heteroatoms. The molecule has 1 aromatic rings. The SMILES string of the molecule is CCC(C)CC(CC)NC(C)c1cnn(C)c1C. The van der Waals surface area contributed by atoms with Gasteiger partial charge in [0.05, 0.1) is 6.20 Å². The van der Waals surface area contributed by atoms with Crippen LogP contribution in [0.3, 0.4) is 0 Å². The van der Waals surface area contributed by atoms with Crippen molar-refractivity contribution in [1.82, 2.24) is 15.1 Å². The van der Waals surface area contributed by atoms with E-state index in [2.05, 4.69) is 45.0 Å². The number of hydrogen-bond acceptors (Lipinski definition) is 2. The molecule has 3 nitrogen and oxygen atoms in total. The molecular weight excluding hydrogens is 222 g/mol. The predicted octanol–water partition coefficient (Wildman–Crippen LogP) is 3.59. The van der Waals surface area contributed by atoms with E-state index in [4.69, 9.17) is 0 Å². The molecule has 18 heavy (non-hydrogen) atoms. The summed E-state index contributed by atoms with van der Waals surface area (Å²) in [6.07, 6.45) is 5.70. The summed E-state index contributed by atoms with van der Waals surface area (Å²) in [6, 6.07) is 0.988. The monoisotopic (exact) mass is 251 g/mol. The van der Waals surface area contributed by atoms with Crippen LogP contribution in [0, 0.1) is 12.8 Å². The van der Waals surface area contributed by atoms with Crippen molar-refractivity contribution in [2.45, 2.75) is 66.0 Å². The third kappa shape index (κ3) is 3.84. The van der Waals surface area contributed by atoms with Gasteiger partial charge in [0.1, 0.15) is 0 Å². The third-order valence-electron chi connectivity index (χ3n) is 4.10. The highest BCUT2D eigenvalue weighted by Crippen LogP contribution is 2.20. The van der Waals surface area contributed by atoms with Crippen LogP contribution in [0.1, 0.15) is 64.3 Å². The van der Waals surface area contributed by atoms with E-state index in [1.165, 1.54) is 30.5 Å². The highest BCUT2D eigenvalue weighted by atomic mass is 15.3. The molecule has 1 heterocycles. The first-order valence-electron chi connectivity index (χ1n) is 7.24. The quantitative estimate of drug-likeness (QED) is 0.802. The third-order valence-corrected chi connectivity index (χ3v) is 4.10. The Morgan fingerprint density at radius 1 is 1.28 bits per heavy atom. The highest BCUT2D eigenvalue weighted by Gasteiger charge is 2.17. The van der Waals surface area contributed by atoms with Gasteiger partial charge in [0.25, 0.3) is 0 Å². The lowest BCUT2D eigenvalue weighted by Crippen LogP contribution is -2.32. The van der Waals surface area contributed by atoms with Crippen molar-refractivity contribution in [2.24, 2.45) is 13.0 Å². The van der Waals surface area contributed by atoms with Crippen molar-refractivity contribution in [3.05, 3.63) is 17.5 Å². The van der Waals surface area contributed by atoms with Crippen molar-refractivity contribution in [3.63, 3.8) is 0 Å². The van der Waals surface area contributed by atoms with Gasteiger partial charge in [-0.3, -0.25) is 4.68 Å². The van der Waals surface area contributed by atoms with Crippen LogP contribution in [-0.2, 0) is 7.05 Å². The summed E-state index contributed by atoms with van der Waals surface area (Å²) in [5, 5.41) is 8.07. The molecule has 0 saturated carbocycles. The second kappa shape index (κ2) is 6.93. The lowest BCUT2D eigenvalue weighted by atomic mass is 9.96. The molecule has 0 fully saturated rings. The first kappa shape index (κ1) is 15.2. The fourth-order valence-corrected chi connectivity index (χ4v) is 2.39. The van der Waals surface area contributed by atoms with Crippen molar-refractivity contribution in [3.8, 4) is 0 Å². The van der Waals surface area contributed by atoms with Gasteiger partial charge in [-0.25, -0.2) is 0 Å². The van der Waals surface area contributed by atoms with E-state index >= 15 is 0 Å². The van der Waals surface area contributed by atoms with Crippen LogP contribution in [0.25, 0.3) is 0 Å². The van der Waals surface area contributed by atoms with Crippen LogP contribution < -0.4 is 5.32 Å². The molecule has 3 atom stereocenters. The summed E-state index contributed by atoms with van der Waals surface area (Å²) in [4.78, 5) is 0. The van der Waals surface area contributed by atoms with E-state index in [9.17, 15) is 0 Å². The number of rotatable bonds is 7. The number of aryl methyl sites for hydroxylation is 1. The van der Waals surface area contributed by atoms with E-state index in [1.807, 2.05) is 17.9 Å². The Bertz CT molecular complexity index is 357. The van der Waals surface area contributed by atoms with Crippen molar-refractivity contribution in [2.75, 3.05) is 0 Å². The van der Waals surface area contributed by atoms with Crippen LogP contribution in [0.5, 0.6) is 0 Å². The van der Waals surface area contributed by atoms with E-state index in [1.54, 1.807) is 0 Å². The molecule has 0 radical (unpaired) electrons. The van der Waals surface area contributed by atoms with Crippen LogP contribution in [0.2, 0.25) is 0 Å². The Labute approximate surface area is 112 Å². The smallest absolute Gasteiger partial charge is 0.0540 e. The average molecular weight is 251 g/mol. The second-order valence-corrected chi connectivity index (χ2v) is 5.55. The summed E-state index contributed by atoms with van der Waals surface area (Å²) in [5.41, 5.74) is 2.58. The van der Waals surface area contributed by atoms with E-state index in [0.717, 1.165) is 5.92 Å². The minimum absolute atomic E-state index is 0.382. The first-order valence-corrected chi connectivity index (χ1v) is 7.24. The molecule has 0 aliphatic carbocycles. The van der Waals surface area contributed by atoms with E-state index in [-0.39, 0.29) is 0 Å². The fourth-order valence-electron chi connectivity index (χ4n) is 2.39. The molecule has 1 rings (SSSR count). The fraction of sp³-hybridized carbons (Fsp3) is 0.800. The largest absolute Gasteiger partial charge is 0.307 e. The topological polar surface area (TPSA) is 29.9 Å². The zero-order valence-electron chi connectivity index (χ0n) is 12.8. The summed E-state index contributed by atoms with van der Waals surface area (Å²) in [7, 11) is 2.00. The Kier molecular flexibility index (Phi) is 5.86. The minimum atomic E-state index is 0.382. The number of aromatic nitrogens is 2. The molecule has 0 bridgehead atoms. The van der Waals surface area contributed by atoms with Gasteiger partial charge < -0.3 is 5.32 Å². The Hall–Kier alpha value is -0.830. The highest BCUT2D eigenvalue weighted by molar-refractivity contribution is 5.19. The molecule has 0 aliphatic heterocycles. The lowest BCUT2D eigenvalue weighted by molar-refractivity contribution is 0.358. The molecule has 1 aromatic heterocycles. The van der Waals surface area contributed by atoms with Gasteiger partial charge in [-0.05, 0) is 32.6 Å². The van der Waals surface area contributed by atoms with Crippen LogP contribution in [0.4, 0.5) is 0 Å².